The van der Waals surface area contributed by atoms with Gasteiger partial charge in [0.05, 0.1) is 6.54 Å². The van der Waals surface area contributed by atoms with E-state index in [1.807, 2.05) is 30.5 Å². The van der Waals surface area contributed by atoms with Crippen LogP contribution in [0.3, 0.4) is 0 Å². The predicted octanol–water partition coefficient (Wildman–Crippen LogP) is 2.65. The number of hydrogen-bond acceptors (Lipinski definition) is 3. The number of aromatic amines is 1. The fourth-order valence-electron chi connectivity index (χ4n) is 3.26. The first-order valence-electron chi connectivity index (χ1n) is 8.48. The second kappa shape index (κ2) is 6.68. The Kier molecular flexibility index (Phi) is 4.19. The van der Waals surface area contributed by atoms with E-state index in [-0.39, 0.29) is 12.1 Å². The van der Waals surface area contributed by atoms with E-state index < -0.39 is 29.6 Å². The second-order valence-corrected chi connectivity index (χ2v) is 6.42. The zero-order chi connectivity index (χ0) is 19.0. The number of nitrogens with zero attached hydrogens (tertiary/aromatic N) is 1. The monoisotopic (exact) mass is 365 g/mol. The molecule has 7 heteroatoms. The number of imide groups is 1. The van der Waals surface area contributed by atoms with E-state index in [9.17, 15) is 18.8 Å². The van der Waals surface area contributed by atoms with Crippen molar-refractivity contribution in [1.82, 2.24) is 15.2 Å². The molecule has 1 saturated heterocycles. The summed E-state index contributed by atoms with van der Waals surface area (Å²) in [6, 6.07) is 11.4. The molecule has 136 valence electrons. The highest BCUT2D eigenvalue weighted by atomic mass is 19.1. The van der Waals surface area contributed by atoms with E-state index in [1.165, 1.54) is 24.3 Å². The molecule has 1 aliphatic rings. The van der Waals surface area contributed by atoms with Crippen molar-refractivity contribution in [3.8, 4) is 0 Å². The summed E-state index contributed by atoms with van der Waals surface area (Å²) in [7, 11) is 0. The minimum atomic E-state index is -0.724. The van der Waals surface area contributed by atoms with Crippen LogP contribution in [0.2, 0.25) is 0 Å². The van der Waals surface area contributed by atoms with Crippen molar-refractivity contribution in [2.45, 2.75) is 12.5 Å². The van der Waals surface area contributed by atoms with Crippen LogP contribution < -0.4 is 5.32 Å². The molecule has 3 amide bonds. The Morgan fingerprint density at radius 3 is 2.59 bits per heavy atom. The van der Waals surface area contributed by atoms with Gasteiger partial charge in [-0.15, -0.1) is 0 Å². The molecule has 27 heavy (non-hydrogen) atoms. The highest BCUT2D eigenvalue weighted by molar-refractivity contribution is 6.09. The van der Waals surface area contributed by atoms with Gasteiger partial charge in [0.15, 0.2) is 5.78 Å². The molecule has 0 radical (unpaired) electrons. The van der Waals surface area contributed by atoms with Crippen LogP contribution in [-0.2, 0) is 11.2 Å². The highest BCUT2D eigenvalue weighted by Crippen LogP contribution is 2.21. The Labute approximate surface area is 154 Å². The van der Waals surface area contributed by atoms with Gasteiger partial charge >= 0.3 is 6.03 Å². The summed E-state index contributed by atoms with van der Waals surface area (Å²) >= 11 is 0. The van der Waals surface area contributed by atoms with E-state index in [0.29, 0.717) is 6.42 Å². The molecule has 4 rings (SSSR count). The van der Waals surface area contributed by atoms with Crippen molar-refractivity contribution in [3.63, 3.8) is 0 Å². The molecule has 2 N–H and O–H groups in total. The molecule has 0 aliphatic carbocycles. The molecule has 2 heterocycles. The minimum absolute atomic E-state index is 0.247. The molecule has 0 bridgehead atoms. The van der Waals surface area contributed by atoms with Crippen LogP contribution in [0.4, 0.5) is 9.18 Å². The Morgan fingerprint density at radius 1 is 1.07 bits per heavy atom. The molecule has 1 aliphatic heterocycles. The van der Waals surface area contributed by atoms with Crippen molar-refractivity contribution in [2.75, 3.05) is 6.54 Å². The number of amides is 3. The van der Waals surface area contributed by atoms with Crippen LogP contribution in [0.5, 0.6) is 0 Å². The normalized spacial score (nSPS) is 16.8. The third-order valence-corrected chi connectivity index (χ3v) is 4.67. The molecular formula is C20H16FN3O3. The number of benzene rings is 2. The van der Waals surface area contributed by atoms with Gasteiger partial charge in [-0.3, -0.25) is 14.5 Å². The van der Waals surface area contributed by atoms with Gasteiger partial charge in [-0.25, -0.2) is 9.18 Å². The lowest BCUT2D eigenvalue weighted by atomic mass is 10.0. The number of H-pyrrole nitrogens is 1. The van der Waals surface area contributed by atoms with Gasteiger partial charge in [0.1, 0.15) is 11.9 Å². The van der Waals surface area contributed by atoms with Gasteiger partial charge in [-0.2, -0.15) is 0 Å². The number of fused-ring (bicyclic) bond motifs is 1. The van der Waals surface area contributed by atoms with E-state index in [1.54, 1.807) is 0 Å². The number of rotatable bonds is 5. The largest absolute Gasteiger partial charge is 0.361 e. The van der Waals surface area contributed by atoms with Gasteiger partial charge in [-0.1, -0.05) is 18.2 Å². The molecule has 1 aromatic heterocycles. The SMILES string of the molecule is O=C(CN1C(=O)N[C@@H](Cc2c[nH]c3ccccc23)C1=O)c1ccc(F)cc1. The first-order chi connectivity index (χ1) is 13.0. The van der Waals surface area contributed by atoms with Crippen molar-refractivity contribution < 1.29 is 18.8 Å². The van der Waals surface area contributed by atoms with Crippen LogP contribution >= 0.6 is 0 Å². The van der Waals surface area contributed by atoms with Crippen molar-refractivity contribution in [3.05, 3.63) is 71.7 Å². The molecule has 0 unspecified atom stereocenters. The van der Waals surface area contributed by atoms with Gasteiger partial charge in [0.25, 0.3) is 5.91 Å². The predicted molar refractivity (Wildman–Crippen MR) is 96.8 cm³/mol. The number of nitrogens with one attached hydrogen (secondary N) is 2. The number of urea groups is 1. The van der Waals surface area contributed by atoms with Crippen LogP contribution in [-0.4, -0.2) is 40.2 Å². The number of carbonyl (C=O) groups is 3. The van der Waals surface area contributed by atoms with E-state index >= 15 is 0 Å². The summed E-state index contributed by atoms with van der Waals surface area (Å²) in [5.74, 6) is -1.33. The number of ketones is 1. The molecule has 3 aromatic rings. The van der Waals surface area contributed by atoms with E-state index in [4.69, 9.17) is 0 Å². The smallest absolute Gasteiger partial charge is 0.325 e. The summed E-state index contributed by atoms with van der Waals surface area (Å²) in [6.07, 6.45) is 2.15. The summed E-state index contributed by atoms with van der Waals surface area (Å²) in [4.78, 5) is 41.1. The maximum absolute atomic E-state index is 13.0. The van der Waals surface area contributed by atoms with Gasteiger partial charge in [0, 0.05) is 29.1 Å². The van der Waals surface area contributed by atoms with Gasteiger partial charge in [0.2, 0.25) is 0 Å². The maximum Gasteiger partial charge on any atom is 0.325 e. The fourth-order valence-corrected chi connectivity index (χ4v) is 3.26. The van der Waals surface area contributed by atoms with Gasteiger partial charge < -0.3 is 10.3 Å². The molecule has 6 nitrogen and oxygen atoms in total. The number of hydrogen-bond donors (Lipinski definition) is 2. The molecule has 0 saturated carbocycles. The summed E-state index contributed by atoms with van der Waals surface area (Å²) in [6.45, 7) is -0.374. The van der Waals surface area contributed by atoms with Gasteiger partial charge in [-0.05, 0) is 35.9 Å². The minimum Gasteiger partial charge on any atom is -0.361 e. The zero-order valence-electron chi connectivity index (χ0n) is 14.2. The molecule has 0 spiro atoms. The first kappa shape index (κ1) is 17.0. The molecule has 1 fully saturated rings. The van der Waals surface area contributed by atoms with E-state index in [2.05, 4.69) is 10.3 Å². The number of halogens is 1. The number of Topliss-reactive ketones (excluding diaryl/α,β-unsaturated/α-hetero) is 1. The van der Waals surface area contributed by atoms with Crippen LogP contribution in [0.1, 0.15) is 15.9 Å². The third-order valence-electron chi connectivity index (χ3n) is 4.67. The molecule has 1 atom stereocenters. The quantitative estimate of drug-likeness (QED) is 0.539. The Morgan fingerprint density at radius 2 is 1.81 bits per heavy atom. The summed E-state index contributed by atoms with van der Waals surface area (Å²) in [5, 5.41) is 3.62. The van der Waals surface area contributed by atoms with Crippen molar-refractivity contribution in [1.29, 1.82) is 0 Å². The van der Waals surface area contributed by atoms with Crippen molar-refractivity contribution in [2.24, 2.45) is 0 Å². The van der Waals surface area contributed by atoms with E-state index in [0.717, 1.165) is 21.4 Å². The lowest BCUT2D eigenvalue weighted by molar-refractivity contribution is -0.127. The number of para-hydroxylation sites is 1. The Balaban J connectivity index is 1.48. The average Bonchev–Trinajstić information content (AvgIpc) is 3.19. The van der Waals surface area contributed by atoms with Crippen molar-refractivity contribution >= 4 is 28.6 Å². The van der Waals surface area contributed by atoms with Crippen LogP contribution in [0.25, 0.3) is 10.9 Å². The topological polar surface area (TPSA) is 82.3 Å². The molecular weight excluding hydrogens is 349 g/mol. The summed E-state index contributed by atoms with van der Waals surface area (Å²) in [5.41, 5.74) is 2.11. The Bertz CT molecular complexity index is 1040. The number of carbonyl (C=O) groups excluding carboxylic acids is 3. The fraction of sp³-hybridized carbons (Fsp3) is 0.150. The highest BCUT2D eigenvalue weighted by Gasteiger charge is 2.39. The lowest BCUT2D eigenvalue weighted by Crippen LogP contribution is -2.36. The molecule has 2 aromatic carbocycles. The summed E-state index contributed by atoms with van der Waals surface area (Å²) < 4.78 is 13.0. The van der Waals surface area contributed by atoms with Crippen LogP contribution in [0, 0.1) is 5.82 Å². The lowest BCUT2D eigenvalue weighted by Gasteiger charge is -2.12. The zero-order valence-corrected chi connectivity index (χ0v) is 14.2. The standard InChI is InChI=1S/C20H16FN3O3/c21-14-7-5-12(6-8-14)18(25)11-24-19(26)17(23-20(24)27)9-13-10-22-16-4-2-1-3-15(13)16/h1-8,10,17,22H,9,11H2,(H,23,27)/t17-/m0/s1. The average molecular weight is 365 g/mol. The second-order valence-electron chi connectivity index (χ2n) is 6.42. The van der Waals surface area contributed by atoms with Crippen LogP contribution in [0.15, 0.2) is 54.7 Å². The first-order valence-corrected chi connectivity index (χ1v) is 8.48. The Hall–Kier alpha value is -3.48. The maximum atomic E-state index is 13.0. The third kappa shape index (κ3) is 3.19. The number of aromatic nitrogens is 1.